The molecule has 0 aromatic heterocycles. The van der Waals surface area contributed by atoms with Crippen LogP contribution in [0.2, 0.25) is 5.02 Å². The SMILES string of the molecule is CC(C)NC(=O)[C@@H](Cc1ccccc1)N(Cc1ccc(Cl)cc1)C(=O)COc1ccc(C(C)C)cc1Br. The second-order valence-electron chi connectivity index (χ2n) is 9.65. The highest BCUT2D eigenvalue weighted by molar-refractivity contribution is 9.10. The van der Waals surface area contributed by atoms with E-state index in [-0.39, 0.29) is 31.0 Å². The minimum Gasteiger partial charge on any atom is -0.483 e. The van der Waals surface area contributed by atoms with Crippen molar-refractivity contribution in [1.82, 2.24) is 10.2 Å². The molecule has 5 nitrogen and oxygen atoms in total. The van der Waals surface area contributed by atoms with E-state index >= 15 is 0 Å². The predicted molar refractivity (Wildman–Crippen MR) is 153 cm³/mol. The number of rotatable bonds is 11. The van der Waals surface area contributed by atoms with Crippen LogP contribution in [-0.2, 0) is 22.6 Å². The Kier molecular flexibility index (Phi) is 10.6. The first-order valence-electron chi connectivity index (χ1n) is 12.4. The summed E-state index contributed by atoms with van der Waals surface area (Å²) in [5, 5.41) is 3.60. The molecule has 0 aliphatic rings. The first-order valence-corrected chi connectivity index (χ1v) is 13.6. The van der Waals surface area contributed by atoms with E-state index in [1.54, 1.807) is 17.0 Å². The highest BCUT2D eigenvalue weighted by Crippen LogP contribution is 2.29. The number of halogens is 2. The maximum atomic E-state index is 13.7. The summed E-state index contributed by atoms with van der Waals surface area (Å²) in [4.78, 5) is 28.7. The van der Waals surface area contributed by atoms with Crippen molar-refractivity contribution >= 4 is 39.3 Å². The molecule has 0 aliphatic heterocycles. The van der Waals surface area contributed by atoms with Crippen LogP contribution < -0.4 is 10.1 Å². The van der Waals surface area contributed by atoms with E-state index in [9.17, 15) is 9.59 Å². The van der Waals surface area contributed by atoms with Crippen LogP contribution in [0.1, 0.15) is 50.3 Å². The number of benzene rings is 3. The van der Waals surface area contributed by atoms with Gasteiger partial charge in [0.1, 0.15) is 11.8 Å². The van der Waals surface area contributed by atoms with E-state index in [0.717, 1.165) is 15.6 Å². The zero-order chi connectivity index (χ0) is 26.9. The van der Waals surface area contributed by atoms with Gasteiger partial charge in [-0.05, 0) is 76.7 Å². The molecule has 1 atom stereocenters. The lowest BCUT2D eigenvalue weighted by molar-refractivity contribution is -0.143. The summed E-state index contributed by atoms with van der Waals surface area (Å²) < 4.78 is 6.73. The van der Waals surface area contributed by atoms with Gasteiger partial charge in [-0.3, -0.25) is 9.59 Å². The van der Waals surface area contributed by atoms with Gasteiger partial charge in [-0.15, -0.1) is 0 Å². The second-order valence-corrected chi connectivity index (χ2v) is 10.9. The van der Waals surface area contributed by atoms with Gasteiger partial charge < -0.3 is 15.0 Å². The van der Waals surface area contributed by atoms with Crippen LogP contribution in [0.25, 0.3) is 0 Å². The van der Waals surface area contributed by atoms with Gasteiger partial charge >= 0.3 is 0 Å². The first-order chi connectivity index (χ1) is 17.6. The molecule has 1 N–H and O–H groups in total. The maximum Gasteiger partial charge on any atom is 0.261 e. The molecular formula is C30H34BrClN2O3. The van der Waals surface area contributed by atoms with Gasteiger partial charge in [-0.2, -0.15) is 0 Å². The molecule has 196 valence electrons. The van der Waals surface area contributed by atoms with Crippen LogP contribution in [0.5, 0.6) is 5.75 Å². The number of amides is 2. The van der Waals surface area contributed by atoms with Gasteiger partial charge in [-0.25, -0.2) is 0 Å². The van der Waals surface area contributed by atoms with E-state index in [1.807, 2.05) is 74.5 Å². The van der Waals surface area contributed by atoms with Gasteiger partial charge in [0.05, 0.1) is 4.47 Å². The Balaban J connectivity index is 1.90. The van der Waals surface area contributed by atoms with Crippen LogP contribution in [0.3, 0.4) is 0 Å². The molecule has 0 saturated heterocycles. The van der Waals surface area contributed by atoms with Crippen molar-refractivity contribution in [2.75, 3.05) is 6.61 Å². The van der Waals surface area contributed by atoms with Gasteiger partial charge in [0.25, 0.3) is 5.91 Å². The summed E-state index contributed by atoms with van der Waals surface area (Å²) in [6, 6.07) is 22.1. The van der Waals surface area contributed by atoms with Crippen LogP contribution in [0.15, 0.2) is 77.3 Å². The lowest BCUT2D eigenvalue weighted by Gasteiger charge is -2.32. The molecule has 0 saturated carbocycles. The molecule has 3 aromatic carbocycles. The lowest BCUT2D eigenvalue weighted by Crippen LogP contribution is -2.52. The number of carbonyl (C=O) groups excluding carboxylic acids is 2. The average molecular weight is 586 g/mol. The van der Waals surface area contributed by atoms with E-state index in [4.69, 9.17) is 16.3 Å². The molecular weight excluding hydrogens is 552 g/mol. The van der Waals surface area contributed by atoms with Crippen molar-refractivity contribution in [2.45, 2.75) is 58.7 Å². The largest absolute Gasteiger partial charge is 0.483 e. The highest BCUT2D eigenvalue weighted by Gasteiger charge is 2.31. The minimum absolute atomic E-state index is 0.0649. The molecule has 3 rings (SSSR count). The summed E-state index contributed by atoms with van der Waals surface area (Å²) in [5.41, 5.74) is 3.01. The lowest BCUT2D eigenvalue weighted by atomic mass is 10.0. The molecule has 0 spiro atoms. The Labute approximate surface area is 233 Å². The molecule has 0 bridgehead atoms. The van der Waals surface area contributed by atoms with Gasteiger partial charge in [-0.1, -0.05) is 74.0 Å². The van der Waals surface area contributed by atoms with E-state index in [2.05, 4.69) is 35.1 Å². The number of carbonyl (C=O) groups is 2. The summed E-state index contributed by atoms with van der Waals surface area (Å²) in [6.45, 7) is 8.10. The van der Waals surface area contributed by atoms with Crippen molar-refractivity contribution in [1.29, 1.82) is 0 Å². The predicted octanol–water partition coefficient (Wildman–Crippen LogP) is 6.77. The second kappa shape index (κ2) is 13.6. The van der Waals surface area contributed by atoms with Gasteiger partial charge in [0, 0.05) is 24.0 Å². The standard InChI is InChI=1S/C30H34BrClN2O3/c1-20(2)24-12-15-28(26(31)17-24)37-19-29(35)34(18-23-10-13-25(32)14-11-23)27(30(36)33-21(3)4)16-22-8-6-5-7-9-22/h5-15,17,20-21,27H,16,18-19H2,1-4H3,(H,33,36)/t27-/m1/s1. The molecule has 0 unspecified atom stereocenters. The smallest absolute Gasteiger partial charge is 0.261 e. The molecule has 0 radical (unpaired) electrons. The summed E-state index contributed by atoms with van der Waals surface area (Å²) in [7, 11) is 0. The van der Waals surface area contributed by atoms with Crippen molar-refractivity contribution in [3.8, 4) is 5.75 Å². The fourth-order valence-corrected chi connectivity index (χ4v) is 4.57. The number of hydrogen-bond donors (Lipinski definition) is 1. The molecule has 7 heteroatoms. The zero-order valence-corrected chi connectivity index (χ0v) is 24.1. The maximum absolute atomic E-state index is 13.7. The van der Waals surface area contributed by atoms with Crippen molar-refractivity contribution in [2.24, 2.45) is 0 Å². The fourth-order valence-electron chi connectivity index (χ4n) is 3.94. The number of ether oxygens (including phenoxy) is 1. The summed E-state index contributed by atoms with van der Waals surface area (Å²) >= 11 is 9.64. The Morgan fingerprint density at radius 2 is 1.62 bits per heavy atom. The van der Waals surface area contributed by atoms with Gasteiger partial charge in [0.15, 0.2) is 6.61 Å². The molecule has 0 aliphatic carbocycles. The summed E-state index contributed by atoms with van der Waals surface area (Å²) in [6.07, 6.45) is 0.380. The Morgan fingerprint density at radius 3 is 2.22 bits per heavy atom. The Morgan fingerprint density at radius 1 is 0.946 bits per heavy atom. The Bertz CT molecular complexity index is 1180. The third kappa shape index (κ3) is 8.61. The average Bonchev–Trinajstić information content (AvgIpc) is 2.86. The van der Waals surface area contributed by atoms with Gasteiger partial charge in [0.2, 0.25) is 5.91 Å². The van der Waals surface area contributed by atoms with Crippen LogP contribution in [-0.4, -0.2) is 35.4 Å². The van der Waals surface area contributed by atoms with Crippen molar-refractivity contribution < 1.29 is 14.3 Å². The third-order valence-corrected chi connectivity index (χ3v) is 6.81. The third-order valence-electron chi connectivity index (χ3n) is 5.94. The van der Waals surface area contributed by atoms with E-state index in [1.165, 1.54) is 5.56 Å². The quantitative estimate of drug-likeness (QED) is 0.270. The fraction of sp³-hybridized carbons (Fsp3) is 0.333. The van der Waals surface area contributed by atoms with Crippen LogP contribution in [0, 0.1) is 0 Å². The highest BCUT2D eigenvalue weighted by atomic mass is 79.9. The molecule has 3 aromatic rings. The number of hydrogen-bond acceptors (Lipinski definition) is 3. The van der Waals surface area contributed by atoms with Crippen LogP contribution in [0.4, 0.5) is 0 Å². The first kappa shape index (κ1) is 28.7. The van der Waals surface area contributed by atoms with Crippen LogP contribution >= 0.6 is 27.5 Å². The number of nitrogens with zero attached hydrogens (tertiary/aromatic N) is 1. The Hall–Kier alpha value is -2.83. The molecule has 0 fully saturated rings. The van der Waals surface area contributed by atoms with E-state index < -0.39 is 6.04 Å². The molecule has 2 amide bonds. The molecule has 0 heterocycles. The normalized spacial score (nSPS) is 11.9. The number of nitrogens with one attached hydrogen (secondary N) is 1. The van der Waals surface area contributed by atoms with Crippen molar-refractivity contribution in [3.63, 3.8) is 0 Å². The zero-order valence-electron chi connectivity index (χ0n) is 21.7. The van der Waals surface area contributed by atoms with Crippen molar-refractivity contribution in [3.05, 3.63) is 99.0 Å². The monoisotopic (exact) mass is 584 g/mol. The summed E-state index contributed by atoms with van der Waals surface area (Å²) in [5.74, 6) is 0.466. The molecule has 37 heavy (non-hydrogen) atoms. The van der Waals surface area contributed by atoms with E-state index in [0.29, 0.717) is 23.1 Å². The topological polar surface area (TPSA) is 58.6 Å². The minimum atomic E-state index is -0.719.